The van der Waals surface area contributed by atoms with Crippen molar-refractivity contribution < 1.29 is 14.3 Å². The highest BCUT2D eigenvalue weighted by Crippen LogP contribution is 2.36. The number of aryl methyl sites for hydroxylation is 2. The van der Waals surface area contributed by atoms with Crippen molar-refractivity contribution in [2.45, 2.75) is 39.7 Å². The fraction of sp³-hybridized carbons (Fsp3) is 0.545. The third kappa shape index (κ3) is 4.55. The molecule has 0 saturated carbocycles. The number of ether oxygens (including phenoxy) is 2. The van der Waals surface area contributed by atoms with E-state index in [0.29, 0.717) is 19.6 Å². The van der Waals surface area contributed by atoms with Gasteiger partial charge < -0.3 is 9.47 Å². The smallest absolute Gasteiger partial charge is 0.313 e. The van der Waals surface area contributed by atoms with Crippen molar-refractivity contribution in [1.29, 1.82) is 0 Å². The lowest BCUT2D eigenvalue weighted by molar-refractivity contribution is -0.159. The average Bonchev–Trinajstić information content (AvgIpc) is 2.99. The molecule has 6 nitrogen and oxygen atoms in total. The van der Waals surface area contributed by atoms with Gasteiger partial charge in [-0.25, -0.2) is 0 Å². The molecule has 1 aromatic carbocycles. The van der Waals surface area contributed by atoms with Crippen LogP contribution in [-0.4, -0.2) is 47.5 Å². The Bertz CT molecular complexity index is 817. The molecule has 0 spiro atoms. The van der Waals surface area contributed by atoms with Gasteiger partial charge in [0.2, 0.25) is 0 Å². The molecule has 1 aromatic heterocycles. The fourth-order valence-electron chi connectivity index (χ4n) is 4.25. The number of hydrogen-bond donors (Lipinski definition) is 0. The first-order valence-electron chi connectivity index (χ1n) is 9.97. The van der Waals surface area contributed by atoms with Gasteiger partial charge in [-0.3, -0.25) is 14.4 Å². The summed E-state index contributed by atoms with van der Waals surface area (Å²) in [6.07, 6.45) is 4.54. The van der Waals surface area contributed by atoms with E-state index < -0.39 is 5.41 Å². The van der Waals surface area contributed by atoms with Gasteiger partial charge in [-0.1, -0.05) is 12.1 Å². The standard InChI is InChI=1S/C22H31N3O3/c1-5-28-21(26)22(13-18-8-6-9-20(12-18)27-4)10-7-11-25(16-22)15-19-14-24(3)23-17(19)2/h6,8-9,12,14H,5,7,10-11,13,15-16H2,1-4H3/t22-/m1/s1. The molecule has 0 N–H and O–H groups in total. The van der Waals surface area contributed by atoms with Gasteiger partial charge in [0.05, 0.1) is 24.8 Å². The Morgan fingerprint density at radius 1 is 1.36 bits per heavy atom. The van der Waals surface area contributed by atoms with E-state index in [0.717, 1.165) is 42.9 Å². The van der Waals surface area contributed by atoms with E-state index in [1.165, 1.54) is 5.56 Å². The van der Waals surface area contributed by atoms with Gasteiger partial charge in [-0.05, 0) is 57.4 Å². The number of piperidine rings is 1. The molecule has 0 bridgehead atoms. The summed E-state index contributed by atoms with van der Waals surface area (Å²) in [7, 11) is 3.61. The number of nitrogens with zero attached hydrogens (tertiary/aromatic N) is 3. The van der Waals surface area contributed by atoms with E-state index in [4.69, 9.17) is 9.47 Å². The van der Waals surface area contributed by atoms with Crippen LogP contribution in [-0.2, 0) is 29.5 Å². The third-order valence-electron chi connectivity index (χ3n) is 5.55. The largest absolute Gasteiger partial charge is 0.497 e. The van der Waals surface area contributed by atoms with Crippen LogP contribution in [0.4, 0.5) is 0 Å². The van der Waals surface area contributed by atoms with Gasteiger partial charge in [0.15, 0.2) is 0 Å². The Labute approximate surface area is 167 Å². The summed E-state index contributed by atoms with van der Waals surface area (Å²) in [5.74, 6) is 0.723. The zero-order valence-corrected chi connectivity index (χ0v) is 17.4. The number of methoxy groups -OCH3 is 1. The zero-order valence-electron chi connectivity index (χ0n) is 17.4. The Balaban J connectivity index is 1.83. The van der Waals surface area contributed by atoms with Crippen molar-refractivity contribution in [3.8, 4) is 5.75 Å². The molecule has 2 heterocycles. The highest BCUT2D eigenvalue weighted by atomic mass is 16.5. The molecule has 1 saturated heterocycles. The second kappa shape index (κ2) is 8.78. The monoisotopic (exact) mass is 385 g/mol. The Morgan fingerprint density at radius 3 is 2.86 bits per heavy atom. The zero-order chi connectivity index (χ0) is 20.1. The van der Waals surface area contributed by atoms with Gasteiger partial charge in [0, 0.05) is 31.9 Å². The van der Waals surface area contributed by atoms with Gasteiger partial charge in [0.1, 0.15) is 5.75 Å². The fourth-order valence-corrected chi connectivity index (χ4v) is 4.25. The van der Waals surface area contributed by atoms with Crippen molar-refractivity contribution >= 4 is 5.97 Å². The summed E-state index contributed by atoms with van der Waals surface area (Å²) < 4.78 is 12.7. The maximum absolute atomic E-state index is 13.1. The normalized spacial score (nSPS) is 20.1. The van der Waals surface area contributed by atoms with E-state index in [-0.39, 0.29) is 5.97 Å². The summed E-state index contributed by atoms with van der Waals surface area (Å²) in [4.78, 5) is 15.4. The van der Waals surface area contributed by atoms with E-state index >= 15 is 0 Å². The number of likely N-dealkylation sites (tertiary alicyclic amines) is 1. The SMILES string of the molecule is CCOC(=O)[C@@]1(Cc2cccc(OC)c2)CCCN(Cc2cn(C)nc2C)C1. The minimum absolute atomic E-state index is 0.0922. The predicted molar refractivity (Wildman–Crippen MR) is 108 cm³/mol. The molecule has 152 valence electrons. The summed E-state index contributed by atoms with van der Waals surface area (Å²) in [5, 5.41) is 4.45. The van der Waals surface area contributed by atoms with Crippen molar-refractivity contribution in [2.24, 2.45) is 12.5 Å². The predicted octanol–water partition coefficient (Wildman–Crippen LogP) is 3.13. The van der Waals surface area contributed by atoms with Crippen LogP contribution in [0, 0.1) is 12.3 Å². The highest BCUT2D eigenvalue weighted by Gasteiger charge is 2.43. The maximum atomic E-state index is 13.1. The van der Waals surface area contributed by atoms with Crippen LogP contribution in [0.2, 0.25) is 0 Å². The number of hydrogen-bond acceptors (Lipinski definition) is 5. The summed E-state index contributed by atoms with van der Waals surface area (Å²) in [6.45, 7) is 6.79. The van der Waals surface area contributed by atoms with Gasteiger partial charge in [-0.2, -0.15) is 5.10 Å². The summed E-state index contributed by atoms with van der Waals surface area (Å²) in [6, 6.07) is 7.99. The second-order valence-corrected chi connectivity index (χ2v) is 7.76. The van der Waals surface area contributed by atoms with E-state index in [9.17, 15) is 4.79 Å². The van der Waals surface area contributed by atoms with E-state index in [1.807, 2.05) is 43.8 Å². The highest BCUT2D eigenvalue weighted by molar-refractivity contribution is 5.78. The third-order valence-corrected chi connectivity index (χ3v) is 5.55. The molecule has 2 aromatic rings. The van der Waals surface area contributed by atoms with Crippen LogP contribution in [0.5, 0.6) is 5.75 Å². The molecular weight excluding hydrogens is 354 g/mol. The molecule has 1 atom stereocenters. The topological polar surface area (TPSA) is 56.6 Å². The summed E-state index contributed by atoms with van der Waals surface area (Å²) in [5.41, 5.74) is 2.83. The first kappa shape index (κ1) is 20.4. The Kier molecular flexibility index (Phi) is 6.39. The van der Waals surface area contributed by atoms with Crippen LogP contribution in [0.3, 0.4) is 0 Å². The van der Waals surface area contributed by atoms with Crippen molar-refractivity contribution in [3.63, 3.8) is 0 Å². The van der Waals surface area contributed by atoms with Crippen molar-refractivity contribution in [1.82, 2.24) is 14.7 Å². The van der Waals surface area contributed by atoms with Crippen LogP contribution in [0.15, 0.2) is 30.5 Å². The molecule has 1 aliphatic heterocycles. The molecule has 1 aliphatic rings. The lowest BCUT2D eigenvalue weighted by Crippen LogP contribution is -2.49. The first-order chi connectivity index (χ1) is 13.5. The minimum Gasteiger partial charge on any atom is -0.497 e. The van der Waals surface area contributed by atoms with E-state index in [1.54, 1.807) is 7.11 Å². The molecule has 28 heavy (non-hydrogen) atoms. The van der Waals surface area contributed by atoms with Crippen LogP contribution in [0.1, 0.15) is 36.6 Å². The molecule has 0 unspecified atom stereocenters. The van der Waals surface area contributed by atoms with Gasteiger partial charge >= 0.3 is 5.97 Å². The van der Waals surface area contributed by atoms with Crippen molar-refractivity contribution in [3.05, 3.63) is 47.3 Å². The van der Waals surface area contributed by atoms with Crippen LogP contribution < -0.4 is 4.74 Å². The van der Waals surface area contributed by atoms with Crippen LogP contribution >= 0.6 is 0 Å². The Hall–Kier alpha value is -2.34. The number of rotatable bonds is 7. The van der Waals surface area contributed by atoms with Gasteiger partial charge in [0.25, 0.3) is 0 Å². The van der Waals surface area contributed by atoms with Crippen molar-refractivity contribution in [2.75, 3.05) is 26.8 Å². The second-order valence-electron chi connectivity index (χ2n) is 7.76. The van der Waals surface area contributed by atoms with E-state index in [2.05, 4.69) is 22.3 Å². The number of aromatic nitrogens is 2. The molecule has 0 radical (unpaired) electrons. The molecular formula is C22H31N3O3. The average molecular weight is 386 g/mol. The first-order valence-corrected chi connectivity index (χ1v) is 9.97. The van der Waals surface area contributed by atoms with Gasteiger partial charge in [-0.15, -0.1) is 0 Å². The lowest BCUT2D eigenvalue weighted by Gasteiger charge is -2.41. The number of carbonyl (C=O) groups excluding carboxylic acids is 1. The lowest BCUT2D eigenvalue weighted by atomic mass is 9.75. The number of esters is 1. The molecule has 0 amide bonds. The van der Waals surface area contributed by atoms with Crippen LogP contribution in [0.25, 0.3) is 0 Å². The quantitative estimate of drug-likeness (QED) is 0.686. The number of carbonyl (C=O) groups is 1. The number of benzene rings is 1. The molecule has 3 rings (SSSR count). The maximum Gasteiger partial charge on any atom is 0.313 e. The summed E-state index contributed by atoms with van der Waals surface area (Å²) >= 11 is 0. The minimum atomic E-state index is -0.531. The molecule has 6 heteroatoms. The molecule has 0 aliphatic carbocycles. The molecule has 1 fully saturated rings. The Morgan fingerprint density at radius 2 is 2.18 bits per heavy atom.